The maximum Gasteiger partial charge on any atom is 0.338 e. The third-order valence-electron chi connectivity index (χ3n) is 5.48. The van der Waals surface area contributed by atoms with E-state index in [0.717, 1.165) is 53.8 Å². The Kier molecular flexibility index (Phi) is 7.14. The first-order chi connectivity index (χ1) is 15.2. The number of benzene rings is 2. The van der Waals surface area contributed by atoms with Crippen LogP contribution in [0.1, 0.15) is 36.5 Å². The van der Waals surface area contributed by atoms with E-state index in [9.17, 15) is 4.79 Å². The smallest absolute Gasteiger partial charge is 0.338 e. The van der Waals surface area contributed by atoms with Crippen molar-refractivity contribution in [2.24, 2.45) is 5.92 Å². The van der Waals surface area contributed by atoms with Gasteiger partial charge in [-0.2, -0.15) is 0 Å². The van der Waals surface area contributed by atoms with Crippen LogP contribution in [0.3, 0.4) is 0 Å². The zero-order chi connectivity index (χ0) is 21.5. The summed E-state index contributed by atoms with van der Waals surface area (Å²) in [6, 6.07) is 17.4. The topological polar surface area (TPSA) is 64.6 Å². The van der Waals surface area contributed by atoms with Gasteiger partial charge in [0, 0.05) is 18.7 Å². The second kappa shape index (κ2) is 10.4. The van der Waals surface area contributed by atoms with Gasteiger partial charge in [0.2, 0.25) is 5.13 Å². The number of carbonyl (C=O) groups excluding carboxylic acids is 1. The number of hydrogen-bond acceptors (Lipinski definition) is 7. The third kappa shape index (κ3) is 5.61. The highest BCUT2D eigenvalue weighted by molar-refractivity contribution is 7.18. The van der Waals surface area contributed by atoms with Gasteiger partial charge in [0.05, 0.1) is 18.8 Å². The molecule has 31 heavy (non-hydrogen) atoms. The molecule has 0 spiro atoms. The van der Waals surface area contributed by atoms with E-state index in [1.54, 1.807) is 30.4 Å². The number of piperidine rings is 1. The monoisotopic (exact) mass is 437 g/mol. The molecule has 0 saturated carbocycles. The van der Waals surface area contributed by atoms with Crippen molar-refractivity contribution in [2.75, 3.05) is 31.2 Å². The molecule has 2 heterocycles. The molecule has 1 fully saturated rings. The Balaban J connectivity index is 1.20. The van der Waals surface area contributed by atoms with E-state index in [1.165, 1.54) is 0 Å². The van der Waals surface area contributed by atoms with E-state index >= 15 is 0 Å². The number of carbonyl (C=O) groups is 1. The van der Waals surface area contributed by atoms with Gasteiger partial charge in [-0.1, -0.05) is 41.7 Å². The minimum atomic E-state index is -0.299. The van der Waals surface area contributed by atoms with Crippen LogP contribution in [0, 0.1) is 5.92 Å². The fourth-order valence-electron chi connectivity index (χ4n) is 3.70. The number of aromatic nitrogens is 2. The first kappa shape index (κ1) is 21.3. The Hall–Kier alpha value is -2.93. The lowest BCUT2D eigenvalue weighted by atomic mass is 9.94. The van der Waals surface area contributed by atoms with Gasteiger partial charge in [0.25, 0.3) is 0 Å². The van der Waals surface area contributed by atoms with Crippen molar-refractivity contribution in [2.45, 2.75) is 26.2 Å². The molecule has 1 aliphatic rings. The standard InChI is InChI=1S/C24H27N3O3S/c1-2-29-23(28)20-8-10-21(11-9-20)30-17-14-18-12-15-27(16-13-18)24-26-25-22(31-24)19-6-4-3-5-7-19/h3-11,18H,2,12-17H2,1H3. The molecule has 4 rings (SSSR count). The number of rotatable bonds is 8. The number of hydrogen-bond donors (Lipinski definition) is 0. The molecule has 0 atom stereocenters. The second-order valence-corrected chi connectivity index (χ2v) is 8.52. The predicted octanol–water partition coefficient (Wildman–Crippen LogP) is 5.07. The highest BCUT2D eigenvalue weighted by Crippen LogP contribution is 2.31. The number of nitrogens with zero attached hydrogens (tertiary/aromatic N) is 3. The van der Waals surface area contributed by atoms with Crippen LogP contribution in [0.15, 0.2) is 54.6 Å². The summed E-state index contributed by atoms with van der Waals surface area (Å²) >= 11 is 1.66. The van der Waals surface area contributed by atoms with Gasteiger partial charge >= 0.3 is 5.97 Å². The third-order valence-corrected chi connectivity index (χ3v) is 6.51. The summed E-state index contributed by atoms with van der Waals surface area (Å²) < 4.78 is 10.9. The molecular weight excluding hydrogens is 410 g/mol. The van der Waals surface area contributed by atoms with Crippen LogP contribution in [0.25, 0.3) is 10.6 Å². The molecule has 6 nitrogen and oxygen atoms in total. The van der Waals surface area contributed by atoms with Gasteiger partial charge in [-0.15, -0.1) is 10.2 Å². The maximum absolute atomic E-state index is 11.7. The largest absolute Gasteiger partial charge is 0.494 e. The summed E-state index contributed by atoms with van der Waals surface area (Å²) in [5, 5.41) is 10.8. The molecule has 0 radical (unpaired) electrons. The zero-order valence-electron chi connectivity index (χ0n) is 17.7. The Morgan fingerprint density at radius 1 is 1.06 bits per heavy atom. The Labute approximate surface area is 186 Å². The van der Waals surface area contributed by atoms with Crippen LogP contribution in [0.4, 0.5) is 5.13 Å². The van der Waals surface area contributed by atoms with E-state index in [0.29, 0.717) is 24.7 Å². The van der Waals surface area contributed by atoms with Gasteiger partial charge < -0.3 is 14.4 Å². The SMILES string of the molecule is CCOC(=O)c1ccc(OCCC2CCN(c3nnc(-c4ccccc4)s3)CC2)cc1. The average molecular weight is 438 g/mol. The Bertz CT molecular complexity index is 967. The summed E-state index contributed by atoms with van der Waals surface area (Å²) in [6.07, 6.45) is 3.29. The molecule has 2 aromatic carbocycles. The fourth-order valence-corrected chi connectivity index (χ4v) is 4.60. The maximum atomic E-state index is 11.7. The molecule has 0 unspecified atom stereocenters. The minimum absolute atomic E-state index is 0.299. The van der Waals surface area contributed by atoms with Gasteiger partial charge in [-0.3, -0.25) is 0 Å². The molecule has 1 saturated heterocycles. The van der Waals surface area contributed by atoms with Crippen LogP contribution in [-0.4, -0.2) is 42.5 Å². The van der Waals surface area contributed by atoms with Gasteiger partial charge in [-0.05, 0) is 56.4 Å². The molecular formula is C24H27N3O3S. The van der Waals surface area contributed by atoms with Crippen molar-refractivity contribution in [1.82, 2.24) is 10.2 Å². The first-order valence-corrected chi connectivity index (χ1v) is 11.6. The first-order valence-electron chi connectivity index (χ1n) is 10.8. The van der Waals surface area contributed by atoms with Crippen molar-refractivity contribution < 1.29 is 14.3 Å². The number of anilines is 1. The Morgan fingerprint density at radius 2 is 1.81 bits per heavy atom. The molecule has 7 heteroatoms. The average Bonchev–Trinajstić information content (AvgIpc) is 3.31. The van der Waals surface area contributed by atoms with Crippen molar-refractivity contribution in [3.8, 4) is 16.3 Å². The van der Waals surface area contributed by atoms with Crippen molar-refractivity contribution >= 4 is 22.4 Å². The summed E-state index contributed by atoms with van der Waals surface area (Å²) in [4.78, 5) is 14.0. The van der Waals surface area contributed by atoms with Crippen molar-refractivity contribution in [1.29, 1.82) is 0 Å². The number of ether oxygens (including phenoxy) is 2. The normalized spacial score (nSPS) is 14.4. The summed E-state index contributed by atoms with van der Waals surface area (Å²) in [7, 11) is 0. The van der Waals surface area contributed by atoms with Crippen LogP contribution in [0.2, 0.25) is 0 Å². The van der Waals surface area contributed by atoms with Crippen LogP contribution < -0.4 is 9.64 Å². The van der Waals surface area contributed by atoms with Crippen LogP contribution in [0.5, 0.6) is 5.75 Å². The molecule has 1 aliphatic heterocycles. The van der Waals surface area contributed by atoms with Gasteiger partial charge in [0.15, 0.2) is 0 Å². The molecule has 0 aliphatic carbocycles. The van der Waals surface area contributed by atoms with Crippen molar-refractivity contribution in [3.63, 3.8) is 0 Å². The summed E-state index contributed by atoms with van der Waals surface area (Å²) in [6.45, 7) is 4.86. The molecule has 162 valence electrons. The highest BCUT2D eigenvalue weighted by atomic mass is 32.1. The van der Waals surface area contributed by atoms with Gasteiger partial charge in [0.1, 0.15) is 10.8 Å². The minimum Gasteiger partial charge on any atom is -0.494 e. The predicted molar refractivity (Wildman–Crippen MR) is 123 cm³/mol. The van der Waals surface area contributed by atoms with E-state index in [4.69, 9.17) is 9.47 Å². The highest BCUT2D eigenvalue weighted by Gasteiger charge is 2.22. The molecule has 0 amide bonds. The van der Waals surface area contributed by atoms with Crippen LogP contribution in [-0.2, 0) is 4.74 Å². The van der Waals surface area contributed by atoms with Gasteiger partial charge in [-0.25, -0.2) is 4.79 Å². The van der Waals surface area contributed by atoms with E-state index < -0.39 is 0 Å². The quantitative estimate of drug-likeness (QED) is 0.459. The molecule has 0 N–H and O–H groups in total. The summed E-state index contributed by atoms with van der Waals surface area (Å²) in [5.74, 6) is 1.14. The fraction of sp³-hybridized carbons (Fsp3) is 0.375. The summed E-state index contributed by atoms with van der Waals surface area (Å²) in [5.41, 5.74) is 1.67. The van der Waals surface area contributed by atoms with E-state index in [-0.39, 0.29) is 5.97 Å². The van der Waals surface area contributed by atoms with E-state index in [2.05, 4.69) is 27.2 Å². The molecule has 1 aromatic heterocycles. The van der Waals surface area contributed by atoms with E-state index in [1.807, 2.05) is 30.3 Å². The number of esters is 1. The second-order valence-electron chi connectivity index (χ2n) is 7.57. The Morgan fingerprint density at radius 3 is 2.52 bits per heavy atom. The lowest BCUT2D eigenvalue weighted by Crippen LogP contribution is -2.34. The lowest BCUT2D eigenvalue weighted by Gasteiger charge is -2.31. The van der Waals surface area contributed by atoms with Crippen molar-refractivity contribution in [3.05, 3.63) is 60.2 Å². The zero-order valence-corrected chi connectivity index (χ0v) is 18.5. The molecule has 0 bridgehead atoms. The van der Waals surface area contributed by atoms with Crippen LogP contribution >= 0.6 is 11.3 Å². The molecule has 3 aromatic rings. The lowest BCUT2D eigenvalue weighted by molar-refractivity contribution is 0.0526.